The molecule has 0 saturated carbocycles. The Labute approximate surface area is 70.3 Å². The topological polar surface area (TPSA) is 46.5 Å². The first-order valence-corrected chi connectivity index (χ1v) is 3.99. The van der Waals surface area contributed by atoms with Gasteiger partial charge in [-0.1, -0.05) is 0 Å². The third kappa shape index (κ3) is 1.21. The van der Waals surface area contributed by atoms with E-state index >= 15 is 0 Å². The van der Waals surface area contributed by atoms with Gasteiger partial charge in [-0.05, 0) is 30.7 Å². The molecule has 1 spiro atoms. The molecule has 0 radical (unpaired) electrons. The van der Waals surface area contributed by atoms with E-state index in [1.165, 1.54) is 12.2 Å². The van der Waals surface area contributed by atoms with Crippen LogP contribution in [-0.4, -0.2) is 22.8 Å². The van der Waals surface area contributed by atoms with Crippen LogP contribution in [0.4, 0.5) is 0 Å². The number of ether oxygens (including phenoxy) is 1. The van der Waals surface area contributed by atoms with Crippen molar-refractivity contribution in [2.75, 3.05) is 0 Å². The summed E-state index contributed by atoms with van der Waals surface area (Å²) in [4.78, 5) is 10.8. The fourth-order valence-electron chi connectivity index (χ4n) is 1.52. The van der Waals surface area contributed by atoms with E-state index in [9.17, 15) is 4.79 Å². The fourth-order valence-corrected chi connectivity index (χ4v) is 1.52. The predicted octanol–water partition coefficient (Wildman–Crippen LogP) is 0.549. The molecule has 2 aliphatic rings. The van der Waals surface area contributed by atoms with Crippen LogP contribution in [0.1, 0.15) is 12.8 Å². The van der Waals surface area contributed by atoms with Crippen LogP contribution in [0, 0.1) is 0 Å². The molecule has 1 aliphatic heterocycles. The number of hydrogen-bond donors (Lipinski definition) is 1. The molecule has 1 atom stereocenters. The van der Waals surface area contributed by atoms with E-state index in [-0.39, 0.29) is 5.78 Å². The van der Waals surface area contributed by atoms with Crippen LogP contribution in [0.5, 0.6) is 0 Å². The van der Waals surface area contributed by atoms with Gasteiger partial charge in [-0.2, -0.15) is 0 Å². The minimum atomic E-state index is -0.687. The Morgan fingerprint density at radius 3 is 2.67 bits per heavy atom. The van der Waals surface area contributed by atoms with Gasteiger partial charge in [0.15, 0.2) is 12.1 Å². The smallest absolute Gasteiger partial charge is 0.178 e. The normalized spacial score (nSPS) is 31.8. The molecule has 0 aromatic heterocycles. The van der Waals surface area contributed by atoms with Crippen LogP contribution in [0.3, 0.4) is 0 Å². The maximum Gasteiger partial charge on any atom is 0.178 e. The van der Waals surface area contributed by atoms with Gasteiger partial charge in [0.2, 0.25) is 0 Å². The minimum absolute atomic E-state index is 0.0226. The molecule has 3 heteroatoms. The first-order valence-electron chi connectivity index (χ1n) is 3.99. The highest BCUT2D eigenvalue weighted by molar-refractivity contribution is 6.00. The zero-order chi connectivity index (χ0) is 8.60. The zero-order valence-electron chi connectivity index (χ0n) is 6.56. The largest absolute Gasteiger partial charge is 0.368 e. The Morgan fingerprint density at radius 1 is 1.50 bits per heavy atom. The summed E-state index contributed by atoms with van der Waals surface area (Å²) >= 11 is 0. The maximum absolute atomic E-state index is 10.8. The summed E-state index contributed by atoms with van der Waals surface area (Å²) in [5.74, 6) is -0.0226. The predicted molar refractivity (Wildman–Crippen MR) is 42.3 cm³/mol. The van der Waals surface area contributed by atoms with E-state index in [4.69, 9.17) is 9.84 Å². The Morgan fingerprint density at radius 2 is 2.17 bits per heavy atom. The molecule has 1 saturated heterocycles. The molecule has 1 fully saturated rings. The Hall–Kier alpha value is -0.930. The van der Waals surface area contributed by atoms with Crippen molar-refractivity contribution in [3.05, 3.63) is 24.3 Å². The van der Waals surface area contributed by atoms with Crippen molar-refractivity contribution >= 4 is 5.78 Å². The summed E-state index contributed by atoms with van der Waals surface area (Å²) in [6.07, 6.45) is 7.08. The number of hydrogen-bond acceptors (Lipinski definition) is 3. The van der Waals surface area contributed by atoms with Gasteiger partial charge in [0.25, 0.3) is 0 Å². The van der Waals surface area contributed by atoms with Crippen molar-refractivity contribution in [2.45, 2.75) is 24.7 Å². The Kier molecular flexibility index (Phi) is 1.63. The standard InChI is InChI=1S/C9H10O3/c10-7-1-4-9(5-2-7)6-3-8(11)12-9/h1-2,4-5,8,11H,3,6H2. The lowest BCUT2D eigenvalue weighted by Crippen LogP contribution is -2.26. The van der Waals surface area contributed by atoms with Crippen LogP contribution >= 0.6 is 0 Å². The van der Waals surface area contributed by atoms with Gasteiger partial charge in [-0.25, -0.2) is 0 Å². The number of carbonyl (C=O) groups excluding carboxylic acids is 1. The van der Waals surface area contributed by atoms with Crippen molar-refractivity contribution in [2.24, 2.45) is 0 Å². The summed E-state index contributed by atoms with van der Waals surface area (Å²) < 4.78 is 5.27. The quantitative estimate of drug-likeness (QED) is 0.571. The molecular weight excluding hydrogens is 156 g/mol. The summed E-state index contributed by atoms with van der Waals surface area (Å²) in [6, 6.07) is 0. The van der Waals surface area contributed by atoms with Crippen molar-refractivity contribution in [1.82, 2.24) is 0 Å². The first-order chi connectivity index (χ1) is 5.70. The number of carbonyl (C=O) groups is 1. The van der Waals surface area contributed by atoms with Crippen LogP contribution in [-0.2, 0) is 9.53 Å². The molecule has 1 aliphatic carbocycles. The van der Waals surface area contributed by atoms with Crippen LogP contribution in [0.25, 0.3) is 0 Å². The lowest BCUT2D eigenvalue weighted by Gasteiger charge is -2.22. The highest BCUT2D eigenvalue weighted by Crippen LogP contribution is 2.33. The minimum Gasteiger partial charge on any atom is -0.368 e. The average molecular weight is 166 g/mol. The van der Waals surface area contributed by atoms with E-state index in [0.717, 1.165) is 6.42 Å². The van der Waals surface area contributed by atoms with E-state index in [1.54, 1.807) is 12.2 Å². The van der Waals surface area contributed by atoms with E-state index < -0.39 is 11.9 Å². The van der Waals surface area contributed by atoms with Crippen LogP contribution in [0.15, 0.2) is 24.3 Å². The average Bonchev–Trinajstić information content (AvgIpc) is 2.40. The number of rotatable bonds is 0. The molecular formula is C9H10O3. The molecule has 0 aromatic carbocycles. The lowest BCUT2D eigenvalue weighted by atomic mass is 9.94. The number of allylic oxidation sites excluding steroid dienone is 2. The molecule has 0 amide bonds. The van der Waals surface area contributed by atoms with Gasteiger partial charge in [-0.15, -0.1) is 0 Å². The third-order valence-corrected chi connectivity index (χ3v) is 2.20. The highest BCUT2D eigenvalue weighted by Gasteiger charge is 2.36. The highest BCUT2D eigenvalue weighted by atomic mass is 16.6. The van der Waals surface area contributed by atoms with Gasteiger partial charge in [0.1, 0.15) is 5.60 Å². The van der Waals surface area contributed by atoms with Crippen molar-refractivity contribution < 1.29 is 14.6 Å². The molecule has 1 heterocycles. The molecule has 0 aromatic rings. The van der Waals surface area contributed by atoms with Gasteiger partial charge >= 0.3 is 0 Å². The first kappa shape index (κ1) is 7.71. The Balaban J connectivity index is 2.19. The third-order valence-electron chi connectivity index (χ3n) is 2.20. The van der Waals surface area contributed by atoms with E-state index in [0.29, 0.717) is 6.42 Å². The number of ketones is 1. The number of aliphatic hydroxyl groups is 1. The van der Waals surface area contributed by atoms with Crippen LogP contribution in [0.2, 0.25) is 0 Å². The van der Waals surface area contributed by atoms with Crippen molar-refractivity contribution in [3.8, 4) is 0 Å². The van der Waals surface area contributed by atoms with Crippen LogP contribution < -0.4 is 0 Å². The van der Waals surface area contributed by atoms with Crippen molar-refractivity contribution in [1.29, 1.82) is 0 Å². The molecule has 1 unspecified atom stereocenters. The summed E-state index contributed by atoms with van der Waals surface area (Å²) in [6.45, 7) is 0. The van der Waals surface area contributed by atoms with Gasteiger partial charge in [0, 0.05) is 6.42 Å². The summed E-state index contributed by atoms with van der Waals surface area (Å²) in [5, 5.41) is 9.14. The van der Waals surface area contributed by atoms with E-state index in [2.05, 4.69) is 0 Å². The van der Waals surface area contributed by atoms with Gasteiger partial charge in [-0.3, -0.25) is 4.79 Å². The monoisotopic (exact) mass is 166 g/mol. The molecule has 1 N–H and O–H groups in total. The number of aliphatic hydroxyl groups excluding tert-OH is 1. The molecule has 3 nitrogen and oxygen atoms in total. The second kappa shape index (κ2) is 2.54. The molecule has 64 valence electrons. The summed E-state index contributed by atoms with van der Waals surface area (Å²) in [5.41, 5.74) is -0.507. The Bertz CT molecular complexity index is 249. The van der Waals surface area contributed by atoms with Gasteiger partial charge < -0.3 is 9.84 Å². The SMILES string of the molecule is O=C1C=CC2(C=C1)CCC(O)O2. The fraction of sp³-hybridized carbons (Fsp3) is 0.444. The van der Waals surface area contributed by atoms with Crippen molar-refractivity contribution in [3.63, 3.8) is 0 Å². The lowest BCUT2D eigenvalue weighted by molar-refractivity contribution is -0.113. The molecule has 2 rings (SSSR count). The van der Waals surface area contributed by atoms with E-state index in [1.807, 2.05) is 0 Å². The second-order valence-corrected chi connectivity index (χ2v) is 3.14. The van der Waals surface area contributed by atoms with Gasteiger partial charge in [0.05, 0.1) is 0 Å². The maximum atomic E-state index is 10.8. The molecule has 0 bridgehead atoms. The molecule has 12 heavy (non-hydrogen) atoms. The second-order valence-electron chi connectivity index (χ2n) is 3.14. The zero-order valence-corrected chi connectivity index (χ0v) is 6.56. The summed E-state index contributed by atoms with van der Waals surface area (Å²) in [7, 11) is 0.